The molecule has 0 N–H and O–H groups in total. The van der Waals surface area contributed by atoms with Crippen LogP contribution in [0.1, 0.15) is 23.3 Å². The van der Waals surface area contributed by atoms with E-state index in [0.717, 1.165) is 26.2 Å². The first-order valence-electron chi connectivity index (χ1n) is 6.75. The fourth-order valence-corrected chi connectivity index (χ4v) is 3.00. The molecule has 2 atom stereocenters. The van der Waals surface area contributed by atoms with Gasteiger partial charge in [-0.05, 0) is 37.4 Å². The summed E-state index contributed by atoms with van der Waals surface area (Å²) in [5, 5.41) is 0. The van der Waals surface area contributed by atoms with Crippen molar-refractivity contribution in [2.75, 3.05) is 32.7 Å². The van der Waals surface area contributed by atoms with Crippen LogP contribution in [0.25, 0.3) is 0 Å². The lowest BCUT2D eigenvalue weighted by Crippen LogP contribution is -2.36. The Morgan fingerprint density at radius 3 is 3.00 bits per heavy atom. The molecule has 1 aromatic rings. The lowest BCUT2D eigenvalue weighted by atomic mass is 9.98. The highest BCUT2D eigenvalue weighted by atomic mass is 16.2. The topological polar surface area (TPSA) is 36.4 Å². The van der Waals surface area contributed by atoms with E-state index in [2.05, 4.69) is 9.88 Å². The molecule has 0 spiro atoms. The van der Waals surface area contributed by atoms with Crippen molar-refractivity contribution < 1.29 is 4.79 Å². The second kappa shape index (κ2) is 5.06. The molecule has 4 heteroatoms. The van der Waals surface area contributed by atoms with Crippen LogP contribution in [-0.4, -0.2) is 53.4 Å². The number of piperidine rings is 1. The zero-order valence-electron chi connectivity index (χ0n) is 10.6. The van der Waals surface area contributed by atoms with E-state index in [1.54, 1.807) is 12.3 Å². The summed E-state index contributed by atoms with van der Waals surface area (Å²) in [6.07, 6.45) is 4.21. The van der Waals surface area contributed by atoms with Gasteiger partial charge >= 0.3 is 0 Å². The highest BCUT2D eigenvalue weighted by Crippen LogP contribution is 2.21. The van der Waals surface area contributed by atoms with Crippen molar-refractivity contribution >= 4 is 5.91 Å². The van der Waals surface area contributed by atoms with Crippen LogP contribution in [0.4, 0.5) is 0 Å². The summed E-state index contributed by atoms with van der Waals surface area (Å²) < 4.78 is 0. The van der Waals surface area contributed by atoms with Crippen LogP contribution >= 0.6 is 0 Å². The summed E-state index contributed by atoms with van der Waals surface area (Å²) >= 11 is 0. The molecule has 2 aliphatic rings. The van der Waals surface area contributed by atoms with Gasteiger partial charge in [0.1, 0.15) is 5.69 Å². The summed E-state index contributed by atoms with van der Waals surface area (Å²) in [5.74, 6) is 0.735. The van der Waals surface area contributed by atoms with Crippen molar-refractivity contribution in [3.05, 3.63) is 30.1 Å². The third-order valence-corrected chi connectivity index (χ3v) is 3.94. The van der Waals surface area contributed by atoms with Gasteiger partial charge in [0.2, 0.25) is 0 Å². The lowest BCUT2D eigenvalue weighted by molar-refractivity contribution is 0.0740. The number of pyridine rings is 1. The molecular formula is C14H19N3O. The second-order valence-corrected chi connectivity index (χ2v) is 5.28. The maximum absolute atomic E-state index is 12.4. The van der Waals surface area contributed by atoms with Gasteiger partial charge in [0, 0.05) is 32.4 Å². The van der Waals surface area contributed by atoms with Crippen molar-refractivity contribution in [3.8, 4) is 0 Å². The Morgan fingerprint density at radius 1 is 1.22 bits per heavy atom. The Hall–Kier alpha value is -1.42. The van der Waals surface area contributed by atoms with E-state index < -0.39 is 0 Å². The van der Waals surface area contributed by atoms with E-state index in [1.807, 2.05) is 17.0 Å². The molecule has 1 amide bonds. The maximum Gasteiger partial charge on any atom is 0.272 e. The summed E-state index contributed by atoms with van der Waals surface area (Å²) in [5.41, 5.74) is 0.573. The molecule has 18 heavy (non-hydrogen) atoms. The van der Waals surface area contributed by atoms with Crippen LogP contribution in [0, 0.1) is 5.92 Å². The third kappa shape index (κ3) is 2.38. The van der Waals surface area contributed by atoms with E-state index in [4.69, 9.17) is 0 Å². The maximum atomic E-state index is 12.4. The Balaban J connectivity index is 1.74. The molecule has 0 aromatic carbocycles. The Kier molecular flexibility index (Phi) is 3.28. The Bertz CT molecular complexity index is 420. The van der Waals surface area contributed by atoms with Gasteiger partial charge < -0.3 is 9.80 Å². The average molecular weight is 245 g/mol. The minimum atomic E-state index is 0.0874. The number of rotatable bonds is 1. The van der Waals surface area contributed by atoms with Gasteiger partial charge in [-0.1, -0.05) is 6.07 Å². The van der Waals surface area contributed by atoms with E-state index in [0.29, 0.717) is 11.6 Å². The minimum Gasteiger partial charge on any atom is -0.336 e. The zero-order valence-corrected chi connectivity index (χ0v) is 10.6. The molecule has 3 heterocycles. The molecule has 2 saturated heterocycles. The molecule has 0 saturated carbocycles. The van der Waals surface area contributed by atoms with Gasteiger partial charge in [-0.25, -0.2) is 0 Å². The van der Waals surface area contributed by atoms with E-state index in [1.165, 1.54) is 19.4 Å². The molecule has 96 valence electrons. The smallest absolute Gasteiger partial charge is 0.272 e. The van der Waals surface area contributed by atoms with Crippen LogP contribution in [0.2, 0.25) is 0 Å². The van der Waals surface area contributed by atoms with Crippen molar-refractivity contribution in [2.24, 2.45) is 5.92 Å². The van der Waals surface area contributed by atoms with Gasteiger partial charge in [-0.2, -0.15) is 0 Å². The normalized spacial score (nSPS) is 27.7. The highest BCUT2D eigenvalue weighted by molar-refractivity contribution is 5.92. The Morgan fingerprint density at radius 2 is 2.17 bits per heavy atom. The average Bonchev–Trinajstić information content (AvgIpc) is 2.57. The van der Waals surface area contributed by atoms with Gasteiger partial charge in [0.15, 0.2) is 0 Å². The molecule has 2 fully saturated rings. The lowest BCUT2D eigenvalue weighted by Gasteiger charge is -2.29. The third-order valence-electron chi connectivity index (χ3n) is 3.94. The van der Waals surface area contributed by atoms with Crippen LogP contribution < -0.4 is 0 Å². The molecule has 4 nitrogen and oxygen atoms in total. The molecule has 3 rings (SSSR count). The number of aromatic nitrogens is 1. The van der Waals surface area contributed by atoms with Crippen molar-refractivity contribution in [2.45, 2.75) is 12.8 Å². The molecule has 0 aliphatic carbocycles. The number of carbonyl (C=O) groups excluding carboxylic acids is 1. The first kappa shape index (κ1) is 11.7. The molecule has 1 aromatic heterocycles. The number of carbonyl (C=O) groups is 1. The molecular weight excluding hydrogens is 226 g/mol. The van der Waals surface area contributed by atoms with Crippen molar-refractivity contribution in [1.82, 2.24) is 14.8 Å². The number of amides is 1. The fourth-order valence-electron chi connectivity index (χ4n) is 3.00. The van der Waals surface area contributed by atoms with Gasteiger partial charge in [0.25, 0.3) is 5.91 Å². The summed E-state index contributed by atoms with van der Waals surface area (Å²) in [4.78, 5) is 21.0. The molecule has 2 unspecified atom stereocenters. The molecule has 0 radical (unpaired) electrons. The summed E-state index contributed by atoms with van der Waals surface area (Å²) in [7, 11) is 0. The first-order valence-corrected chi connectivity index (χ1v) is 6.75. The Labute approximate surface area is 108 Å². The van der Waals surface area contributed by atoms with Crippen LogP contribution in [0.5, 0.6) is 0 Å². The zero-order chi connectivity index (χ0) is 12.4. The molecule has 2 bridgehead atoms. The SMILES string of the molecule is O=C(c1ccccn1)N1CCN2CCCC(C2)C1. The quantitative estimate of drug-likeness (QED) is 0.747. The summed E-state index contributed by atoms with van der Waals surface area (Å²) in [6.45, 7) is 5.10. The number of hydrogen-bond donors (Lipinski definition) is 0. The largest absolute Gasteiger partial charge is 0.336 e. The van der Waals surface area contributed by atoms with E-state index in [-0.39, 0.29) is 5.91 Å². The van der Waals surface area contributed by atoms with Gasteiger partial charge in [0.05, 0.1) is 0 Å². The van der Waals surface area contributed by atoms with Crippen molar-refractivity contribution in [1.29, 1.82) is 0 Å². The molecule has 2 aliphatic heterocycles. The predicted molar refractivity (Wildman–Crippen MR) is 69.3 cm³/mol. The second-order valence-electron chi connectivity index (χ2n) is 5.28. The van der Waals surface area contributed by atoms with Crippen LogP contribution in [-0.2, 0) is 0 Å². The monoisotopic (exact) mass is 245 g/mol. The van der Waals surface area contributed by atoms with Gasteiger partial charge in [-0.3, -0.25) is 9.78 Å². The highest BCUT2D eigenvalue weighted by Gasteiger charge is 2.28. The van der Waals surface area contributed by atoms with E-state index in [9.17, 15) is 4.79 Å². The van der Waals surface area contributed by atoms with Crippen molar-refractivity contribution in [3.63, 3.8) is 0 Å². The van der Waals surface area contributed by atoms with Gasteiger partial charge in [-0.15, -0.1) is 0 Å². The minimum absolute atomic E-state index is 0.0874. The van der Waals surface area contributed by atoms with Crippen LogP contribution in [0.3, 0.4) is 0 Å². The number of nitrogens with zero attached hydrogens (tertiary/aromatic N) is 3. The van der Waals surface area contributed by atoms with E-state index >= 15 is 0 Å². The number of hydrogen-bond acceptors (Lipinski definition) is 3. The summed E-state index contributed by atoms with van der Waals surface area (Å²) in [6, 6.07) is 5.53. The standard InChI is InChI=1S/C14H19N3O/c18-14(13-5-1-2-6-15-13)17-9-8-16-7-3-4-12(10-16)11-17/h1-2,5-6,12H,3-4,7-11H2. The fraction of sp³-hybridized carbons (Fsp3) is 0.571. The predicted octanol–water partition coefficient (Wildman–Crippen LogP) is 1.25. The van der Waals surface area contributed by atoms with Crippen LogP contribution in [0.15, 0.2) is 24.4 Å². The number of fused-ring (bicyclic) bond motifs is 2. The first-order chi connectivity index (χ1) is 8.83.